The summed E-state index contributed by atoms with van der Waals surface area (Å²) in [4.78, 5) is 11.8. The van der Waals surface area contributed by atoms with E-state index in [1.54, 1.807) is 6.07 Å². The number of carbonyl (C=O) groups is 1. The topological polar surface area (TPSA) is 46.2 Å². The lowest BCUT2D eigenvalue weighted by Crippen LogP contribution is -2.44. The Kier molecular flexibility index (Phi) is 5.02. The minimum Gasteiger partial charge on any atom is -0.350 e. The molecule has 0 fully saturated rings. The van der Waals surface area contributed by atoms with Gasteiger partial charge < -0.3 is 5.32 Å². The molecule has 0 aromatic heterocycles. The van der Waals surface area contributed by atoms with Crippen molar-refractivity contribution in [3.05, 3.63) is 30.1 Å². The normalized spacial score (nSPS) is 13.1. The smallest absolute Gasteiger partial charge is 0.233 e. The van der Waals surface area contributed by atoms with E-state index in [-0.39, 0.29) is 22.1 Å². The molecule has 1 rings (SSSR count). The van der Waals surface area contributed by atoms with E-state index < -0.39 is 16.6 Å². The summed E-state index contributed by atoms with van der Waals surface area (Å²) in [5, 5.41) is 2.77. The molecule has 0 aliphatic carbocycles. The fourth-order valence-corrected chi connectivity index (χ4v) is 2.31. The van der Waals surface area contributed by atoms with Crippen LogP contribution in [-0.4, -0.2) is 21.4 Å². The zero-order valence-corrected chi connectivity index (χ0v) is 11.6. The van der Waals surface area contributed by atoms with Crippen LogP contribution in [0.2, 0.25) is 0 Å². The molecule has 0 radical (unpaired) electrons. The van der Waals surface area contributed by atoms with Gasteiger partial charge in [0.05, 0.1) is 15.7 Å². The van der Waals surface area contributed by atoms with Gasteiger partial charge in [0.15, 0.2) is 0 Å². The van der Waals surface area contributed by atoms with Crippen molar-refractivity contribution in [2.75, 3.05) is 5.75 Å². The first-order valence-corrected chi connectivity index (χ1v) is 7.11. The molecular weight excluding hydrogens is 253 g/mol. The maximum atomic E-state index is 13.4. The third kappa shape index (κ3) is 4.22. The predicted octanol–water partition coefficient (Wildman–Crippen LogP) is 2.24. The Labute approximate surface area is 109 Å². The minimum absolute atomic E-state index is 0.0713. The zero-order chi connectivity index (χ0) is 13.8. The fraction of sp³-hybridized carbons (Fsp3) is 0.462. The Morgan fingerprint density at radius 1 is 1.39 bits per heavy atom. The van der Waals surface area contributed by atoms with Crippen molar-refractivity contribution >= 4 is 16.7 Å². The van der Waals surface area contributed by atoms with Crippen molar-refractivity contribution in [1.82, 2.24) is 5.32 Å². The van der Waals surface area contributed by atoms with E-state index in [4.69, 9.17) is 0 Å². The molecule has 1 amide bonds. The second-order valence-corrected chi connectivity index (χ2v) is 6.13. The molecule has 5 heteroatoms. The molecule has 1 unspecified atom stereocenters. The summed E-state index contributed by atoms with van der Waals surface area (Å²) in [6, 6.07) is 5.80. The first-order chi connectivity index (χ1) is 8.35. The molecule has 0 spiro atoms. The highest BCUT2D eigenvalue weighted by Gasteiger charge is 2.20. The van der Waals surface area contributed by atoms with Gasteiger partial charge in [0, 0.05) is 5.54 Å². The van der Waals surface area contributed by atoms with Crippen molar-refractivity contribution < 1.29 is 13.4 Å². The van der Waals surface area contributed by atoms with Gasteiger partial charge in [-0.1, -0.05) is 19.1 Å². The van der Waals surface area contributed by atoms with E-state index in [9.17, 15) is 13.4 Å². The Morgan fingerprint density at radius 3 is 2.56 bits per heavy atom. The summed E-state index contributed by atoms with van der Waals surface area (Å²) in [6.45, 7) is 5.72. The lowest BCUT2D eigenvalue weighted by Gasteiger charge is -2.24. The molecule has 18 heavy (non-hydrogen) atoms. The monoisotopic (exact) mass is 271 g/mol. The quantitative estimate of drug-likeness (QED) is 0.892. The van der Waals surface area contributed by atoms with E-state index in [1.165, 1.54) is 18.2 Å². The third-order valence-corrected chi connectivity index (χ3v) is 4.05. The van der Waals surface area contributed by atoms with Gasteiger partial charge in [-0.25, -0.2) is 4.39 Å². The molecule has 1 atom stereocenters. The molecule has 0 saturated carbocycles. The Hall–Kier alpha value is -1.23. The second kappa shape index (κ2) is 6.09. The molecule has 3 nitrogen and oxygen atoms in total. The van der Waals surface area contributed by atoms with Gasteiger partial charge in [-0.15, -0.1) is 0 Å². The number of rotatable bonds is 5. The van der Waals surface area contributed by atoms with Gasteiger partial charge >= 0.3 is 0 Å². The molecule has 0 saturated heterocycles. The first-order valence-electron chi connectivity index (χ1n) is 5.79. The lowest BCUT2D eigenvalue weighted by atomic mass is 10.0. The Balaban J connectivity index is 2.66. The average Bonchev–Trinajstić information content (AvgIpc) is 2.28. The van der Waals surface area contributed by atoms with Crippen LogP contribution in [0.15, 0.2) is 29.2 Å². The summed E-state index contributed by atoms with van der Waals surface area (Å²) in [7, 11) is -1.65. The molecule has 1 N–H and O–H groups in total. The fourth-order valence-electron chi connectivity index (χ4n) is 1.33. The molecular formula is C13H18FNO2S. The molecule has 1 aromatic carbocycles. The largest absolute Gasteiger partial charge is 0.350 e. The van der Waals surface area contributed by atoms with Crippen molar-refractivity contribution in [3.63, 3.8) is 0 Å². The van der Waals surface area contributed by atoms with Crippen LogP contribution < -0.4 is 5.32 Å². The van der Waals surface area contributed by atoms with Gasteiger partial charge in [-0.3, -0.25) is 9.00 Å². The van der Waals surface area contributed by atoms with Crippen LogP contribution in [0.25, 0.3) is 0 Å². The standard InChI is InChI=1S/C13H18FNO2S/c1-4-13(2,3)15-12(16)9-18(17)11-8-6-5-7-10(11)14/h5-8H,4,9H2,1-3H3,(H,15,16). The van der Waals surface area contributed by atoms with Crippen molar-refractivity contribution in [2.24, 2.45) is 0 Å². The van der Waals surface area contributed by atoms with Gasteiger partial charge in [0.1, 0.15) is 11.6 Å². The number of nitrogens with one attached hydrogen (secondary N) is 1. The van der Waals surface area contributed by atoms with E-state index in [0.717, 1.165) is 6.42 Å². The summed E-state index contributed by atoms with van der Waals surface area (Å²) in [5.74, 6) is -1.09. The van der Waals surface area contributed by atoms with Gasteiger partial charge in [-0.05, 0) is 32.4 Å². The van der Waals surface area contributed by atoms with Crippen LogP contribution in [0, 0.1) is 5.82 Å². The van der Waals surface area contributed by atoms with Gasteiger partial charge in [0.25, 0.3) is 0 Å². The highest BCUT2D eigenvalue weighted by molar-refractivity contribution is 7.85. The van der Waals surface area contributed by atoms with E-state index in [1.807, 2.05) is 20.8 Å². The minimum atomic E-state index is -1.65. The van der Waals surface area contributed by atoms with Crippen LogP contribution in [-0.2, 0) is 15.6 Å². The van der Waals surface area contributed by atoms with E-state index >= 15 is 0 Å². The van der Waals surface area contributed by atoms with Crippen molar-refractivity contribution in [3.8, 4) is 0 Å². The van der Waals surface area contributed by atoms with Crippen LogP contribution in [0.5, 0.6) is 0 Å². The highest BCUT2D eigenvalue weighted by Crippen LogP contribution is 2.12. The number of halogens is 1. The maximum absolute atomic E-state index is 13.4. The summed E-state index contributed by atoms with van der Waals surface area (Å²) in [6.07, 6.45) is 0.769. The Morgan fingerprint density at radius 2 is 2.00 bits per heavy atom. The molecule has 0 aliphatic rings. The second-order valence-electron chi connectivity index (χ2n) is 4.71. The van der Waals surface area contributed by atoms with E-state index in [2.05, 4.69) is 5.32 Å². The third-order valence-electron chi connectivity index (χ3n) is 2.71. The average molecular weight is 271 g/mol. The maximum Gasteiger partial charge on any atom is 0.233 e. The Bertz CT molecular complexity index is 460. The first kappa shape index (κ1) is 14.8. The lowest BCUT2D eigenvalue weighted by molar-refractivity contribution is -0.120. The summed E-state index contributed by atoms with van der Waals surface area (Å²) in [5.41, 5.74) is -0.337. The van der Waals surface area contributed by atoms with Crippen LogP contribution >= 0.6 is 0 Å². The molecule has 0 bridgehead atoms. The molecule has 0 aliphatic heterocycles. The number of hydrogen-bond acceptors (Lipinski definition) is 2. The van der Waals surface area contributed by atoms with Crippen LogP contribution in [0.3, 0.4) is 0 Å². The van der Waals surface area contributed by atoms with Crippen molar-refractivity contribution in [2.45, 2.75) is 37.6 Å². The predicted molar refractivity (Wildman–Crippen MR) is 70.2 cm³/mol. The van der Waals surface area contributed by atoms with Gasteiger partial charge in [-0.2, -0.15) is 0 Å². The van der Waals surface area contributed by atoms with Crippen molar-refractivity contribution in [1.29, 1.82) is 0 Å². The summed E-state index contributed by atoms with van der Waals surface area (Å²) >= 11 is 0. The number of hydrogen-bond donors (Lipinski definition) is 1. The van der Waals surface area contributed by atoms with Gasteiger partial charge in [0.2, 0.25) is 5.91 Å². The number of benzene rings is 1. The van der Waals surface area contributed by atoms with Crippen LogP contribution in [0.1, 0.15) is 27.2 Å². The molecule has 0 heterocycles. The summed E-state index contributed by atoms with van der Waals surface area (Å²) < 4.78 is 25.2. The number of amides is 1. The zero-order valence-electron chi connectivity index (χ0n) is 10.8. The SMILES string of the molecule is CCC(C)(C)NC(=O)CS(=O)c1ccccc1F. The van der Waals surface area contributed by atoms with Crippen LogP contribution in [0.4, 0.5) is 4.39 Å². The number of carbonyl (C=O) groups excluding carboxylic acids is 1. The molecule has 1 aromatic rings. The van der Waals surface area contributed by atoms with E-state index in [0.29, 0.717) is 0 Å². The molecule has 100 valence electrons. The highest BCUT2D eigenvalue weighted by atomic mass is 32.2.